The van der Waals surface area contributed by atoms with E-state index >= 15 is 0 Å². The number of methoxy groups -OCH3 is 1. The second-order valence-corrected chi connectivity index (χ2v) is 5.17. The largest absolute Gasteiger partial charge is 0.390 e. The lowest BCUT2D eigenvalue weighted by Gasteiger charge is -2.12. The number of oxime groups is 1. The van der Waals surface area contributed by atoms with E-state index in [0.717, 1.165) is 4.57 Å². The first-order valence-electron chi connectivity index (χ1n) is 7.18. The van der Waals surface area contributed by atoms with Gasteiger partial charge in [0.25, 0.3) is 11.5 Å². The zero-order chi connectivity index (χ0) is 17.7. The molecule has 1 aliphatic rings. The van der Waals surface area contributed by atoms with Gasteiger partial charge in [0.05, 0.1) is 13.2 Å². The molecular formula is C14H17N5O5. The number of nitrogens with zero attached hydrogens (tertiary/aromatic N) is 4. The van der Waals surface area contributed by atoms with Crippen LogP contribution in [-0.4, -0.2) is 47.1 Å². The summed E-state index contributed by atoms with van der Waals surface area (Å²) in [6.45, 7) is 0.804. The number of amides is 1. The van der Waals surface area contributed by atoms with E-state index in [9.17, 15) is 14.4 Å². The van der Waals surface area contributed by atoms with Crippen molar-refractivity contribution >= 4 is 11.6 Å². The Labute approximate surface area is 136 Å². The van der Waals surface area contributed by atoms with Crippen molar-refractivity contribution in [2.45, 2.75) is 19.1 Å². The van der Waals surface area contributed by atoms with Gasteiger partial charge in [-0.3, -0.25) is 18.7 Å². The van der Waals surface area contributed by atoms with Crippen LogP contribution < -0.4 is 16.6 Å². The number of carbonyl (C=O) groups is 1. The number of nitriles is 1. The molecule has 128 valence electrons. The summed E-state index contributed by atoms with van der Waals surface area (Å²) in [4.78, 5) is 40.8. The van der Waals surface area contributed by atoms with Crippen LogP contribution in [0.4, 0.5) is 0 Å². The number of rotatable bonds is 6. The van der Waals surface area contributed by atoms with Crippen LogP contribution in [0.1, 0.15) is 12.0 Å². The van der Waals surface area contributed by atoms with Gasteiger partial charge in [0.2, 0.25) is 0 Å². The average Bonchev–Trinajstić information content (AvgIpc) is 3.04. The molecule has 1 atom stereocenters. The summed E-state index contributed by atoms with van der Waals surface area (Å²) >= 11 is 0. The number of nitrogens with one attached hydrogen (secondary N) is 1. The Morgan fingerprint density at radius 2 is 2.33 bits per heavy atom. The van der Waals surface area contributed by atoms with Crippen molar-refractivity contribution in [1.82, 2.24) is 14.5 Å². The highest BCUT2D eigenvalue weighted by Crippen LogP contribution is 2.12. The molecular weight excluding hydrogens is 318 g/mol. The lowest BCUT2D eigenvalue weighted by molar-refractivity contribution is -0.115. The van der Waals surface area contributed by atoms with Crippen LogP contribution in [0.3, 0.4) is 0 Å². The normalized spacial score (nSPS) is 16.2. The molecule has 0 aromatic carbocycles. The minimum Gasteiger partial charge on any atom is -0.390 e. The molecule has 24 heavy (non-hydrogen) atoms. The first-order chi connectivity index (χ1) is 11.5. The van der Waals surface area contributed by atoms with Crippen molar-refractivity contribution in [3.05, 3.63) is 32.6 Å². The van der Waals surface area contributed by atoms with Crippen LogP contribution in [0.2, 0.25) is 0 Å². The number of hydrogen-bond acceptors (Lipinski definition) is 7. The van der Waals surface area contributed by atoms with E-state index in [1.54, 1.807) is 6.07 Å². The number of carbonyl (C=O) groups excluding carboxylic acids is 1. The van der Waals surface area contributed by atoms with E-state index in [1.807, 2.05) is 0 Å². The number of ether oxygens (including phenoxy) is 1. The Morgan fingerprint density at radius 3 is 3.00 bits per heavy atom. The highest BCUT2D eigenvalue weighted by atomic mass is 16.6. The molecule has 1 aromatic rings. The maximum atomic E-state index is 12.1. The minimum atomic E-state index is -0.652. The summed E-state index contributed by atoms with van der Waals surface area (Å²) in [5.74, 6) is -0.361. The third-order valence-electron chi connectivity index (χ3n) is 3.46. The van der Waals surface area contributed by atoms with Crippen LogP contribution in [-0.2, 0) is 28.0 Å². The summed E-state index contributed by atoms with van der Waals surface area (Å²) in [5.41, 5.74) is -1.15. The van der Waals surface area contributed by atoms with E-state index in [2.05, 4.69) is 10.5 Å². The maximum Gasteiger partial charge on any atom is 0.330 e. The van der Waals surface area contributed by atoms with Crippen LogP contribution >= 0.6 is 0 Å². The summed E-state index contributed by atoms with van der Waals surface area (Å²) in [6.07, 6.45) is 0.871. The van der Waals surface area contributed by atoms with Gasteiger partial charge in [-0.15, -0.1) is 0 Å². The third-order valence-corrected chi connectivity index (χ3v) is 3.46. The fourth-order valence-electron chi connectivity index (χ4n) is 2.18. The topological polar surface area (TPSA) is 128 Å². The zero-order valence-corrected chi connectivity index (χ0v) is 13.3. The summed E-state index contributed by atoms with van der Waals surface area (Å²) < 4.78 is 6.89. The fourth-order valence-corrected chi connectivity index (χ4v) is 2.18. The van der Waals surface area contributed by atoms with E-state index in [0.29, 0.717) is 13.2 Å². The highest BCUT2D eigenvalue weighted by molar-refractivity contribution is 6.39. The molecule has 0 unspecified atom stereocenters. The summed E-state index contributed by atoms with van der Waals surface area (Å²) in [5, 5.41) is 15.3. The Bertz CT molecular complexity index is 816. The van der Waals surface area contributed by atoms with E-state index in [1.165, 1.54) is 24.9 Å². The fraction of sp³-hybridized carbons (Fsp3) is 0.500. The molecule has 0 spiro atoms. The van der Waals surface area contributed by atoms with Crippen molar-refractivity contribution < 1.29 is 14.4 Å². The number of hydrogen-bond donors (Lipinski definition) is 1. The quantitative estimate of drug-likeness (QED) is 0.619. The van der Waals surface area contributed by atoms with Crippen molar-refractivity contribution in [2.75, 3.05) is 20.3 Å². The minimum absolute atomic E-state index is 0.0694. The van der Waals surface area contributed by atoms with E-state index in [4.69, 9.17) is 14.8 Å². The SMILES string of the molecule is COCCNC(=O)C1=NO[C@@H](Cn2cc(C#N)c(=O)n(C)c2=O)C1. The average molecular weight is 335 g/mol. The first kappa shape index (κ1) is 17.4. The molecule has 2 rings (SSSR count). The van der Waals surface area contributed by atoms with Gasteiger partial charge in [-0.25, -0.2) is 4.79 Å². The van der Waals surface area contributed by atoms with Gasteiger partial charge < -0.3 is 14.9 Å². The van der Waals surface area contributed by atoms with Gasteiger partial charge in [-0.2, -0.15) is 5.26 Å². The Balaban J connectivity index is 2.04. The molecule has 0 saturated heterocycles. The molecule has 1 aliphatic heterocycles. The second kappa shape index (κ2) is 7.56. The lowest BCUT2D eigenvalue weighted by Crippen LogP contribution is -2.41. The van der Waals surface area contributed by atoms with Gasteiger partial charge in [-0.05, 0) is 0 Å². The summed E-state index contributed by atoms with van der Waals surface area (Å²) in [7, 11) is 2.82. The van der Waals surface area contributed by atoms with Crippen molar-refractivity contribution in [3.8, 4) is 6.07 Å². The molecule has 2 heterocycles. The van der Waals surface area contributed by atoms with Gasteiger partial charge >= 0.3 is 5.69 Å². The molecule has 0 radical (unpaired) electrons. The van der Waals surface area contributed by atoms with Gasteiger partial charge in [0.1, 0.15) is 17.3 Å². The predicted octanol–water partition coefficient (Wildman–Crippen LogP) is -1.67. The second-order valence-electron chi connectivity index (χ2n) is 5.17. The van der Waals surface area contributed by atoms with Gasteiger partial charge in [-0.1, -0.05) is 5.16 Å². The molecule has 0 saturated carbocycles. The van der Waals surface area contributed by atoms with E-state index < -0.39 is 17.4 Å². The molecule has 1 N–H and O–H groups in total. The van der Waals surface area contributed by atoms with Crippen LogP contribution in [0.25, 0.3) is 0 Å². The van der Waals surface area contributed by atoms with E-state index in [-0.39, 0.29) is 30.1 Å². The molecule has 10 nitrogen and oxygen atoms in total. The number of aromatic nitrogens is 2. The Kier molecular flexibility index (Phi) is 5.49. The van der Waals surface area contributed by atoms with Crippen LogP contribution in [0.15, 0.2) is 20.9 Å². The standard InChI is InChI=1S/C14H17N5O5/c1-18-13(21)9(6-15)7-19(14(18)22)8-10-5-11(17-24-10)12(20)16-3-4-23-2/h7,10H,3-5,8H2,1-2H3,(H,16,20)/t10-/m1/s1. The van der Waals surface area contributed by atoms with Crippen LogP contribution in [0, 0.1) is 11.3 Å². The smallest absolute Gasteiger partial charge is 0.330 e. The molecule has 1 amide bonds. The lowest BCUT2D eigenvalue weighted by atomic mass is 10.1. The molecule has 1 aromatic heterocycles. The Hall–Kier alpha value is -2.93. The van der Waals surface area contributed by atoms with Crippen LogP contribution in [0.5, 0.6) is 0 Å². The molecule has 10 heteroatoms. The van der Waals surface area contributed by atoms with Gasteiger partial charge in [0, 0.05) is 33.3 Å². The molecule has 0 bridgehead atoms. The van der Waals surface area contributed by atoms with Crippen molar-refractivity contribution in [1.29, 1.82) is 5.26 Å². The maximum absolute atomic E-state index is 12.1. The monoisotopic (exact) mass is 335 g/mol. The predicted molar refractivity (Wildman–Crippen MR) is 82.5 cm³/mol. The van der Waals surface area contributed by atoms with Crippen molar-refractivity contribution in [3.63, 3.8) is 0 Å². The molecule has 0 fully saturated rings. The Morgan fingerprint density at radius 1 is 1.58 bits per heavy atom. The van der Waals surface area contributed by atoms with Crippen molar-refractivity contribution in [2.24, 2.45) is 12.2 Å². The first-order valence-corrected chi connectivity index (χ1v) is 7.18. The molecule has 0 aliphatic carbocycles. The summed E-state index contributed by atoms with van der Waals surface area (Å²) in [6, 6.07) is 1.75. The van der Waals surface area contributed by atoms with Gasteiger partial charge in [0.15, 0.2) is 6.10 Å². The zero-order valence-electron chi connectivity index (χ0n) is 13.3. The highest BCUT2D eigenvalue weighted by Gasteiger charge is 2.27. The third kappa shape index (κ3) is 3.69.